The second-order valence-electron chi connectivity index (χ2n) is 6.46. The molecule has 3 aromatic rings. The standard InChI is InChI=1S/C21H21NO2/c1-13(2)15-9-11-17(12-10-15)18-19(21(24)20(18)23)22-14(3)16-7-5-4-6-8-16/h4-14,22H,1-3H3/t14-/m0/s1. The molecular formula is C21H21NO2. The number of hydrogen-bond acceptors (Lipinski definition) is 3. The van der Waals surface area contributed by atoms with Crippen LogP contribution in [-0.2, 0) is 0 Å². The van der Waals surface area contributed by atoms with Gasteiger partial charge in [-0.05, 0) is 29.5 Å². The first-order valence-electron chi connectivity index (χ1n) is 8.24. The van der Waals surface area contributed by atoms with Gasteiger partial charge < -0.3 is 5.32 Å². The molecular weight excluding hydrogens is 298 g/mol. The first kappa shape index (κ1) is 16.2. The van der Waals surface area contributed by atoms with Gasteiger partial charge in [0.05, 0.1) is 11.3 Å². The van der Waals surface area contributed by atoms with Gasteiger partial charge in [0.2, 0.25) is 10.9 Å². The van der Waals surface area contributed by atoms with Crippen LogP contribution in [0.4, 0.5) is 5.69 Å². The Morgan fingerprint density at radius 3 is 1.96 bits per heavy atom. The summed E-state index contributed by atoms with van der Waals surface area (Å²) < 4.78 is 0. The van der Waals surface area contributed by atoms with E-state index in [1.54, 1.807) is 0 Å². The molecule has 0 saturated heterocycles. The molecule has 0 saturated carbocycles. The van der Waals surface area contributed by atoms with Gasteiger partial charge in [-0.2, -0.15) is 0 Å². The third kappa shape index (κ3) is 2.90. The van der Waals surface area contributed by atoms with Crippen LogP contribution in [0.25, 0.3) is 11.1 Å². The van der Waals surface area contributed by atoms with Crippen molar-refractivity contribution < 1.29 is 0 Å². The minimum atomic E-state index is -0.430. The average Bonchev–Trinajstić information content (AvgIpc) is 2.61. The summed E-state index contributed by atoms with van der Waals surface area (Å²) in [5.74, 6) is 0.433. The largest absolute Gasteiger partial charge is 0.375 e. The monoisotopic (exact) mass is 319 g/mol. The minimum absolute atomic E-state index is 0.0387. The molecule has 1 N–H and O–H groups in total. The van der Waals surface area contributed by atoms with Crippen molar-refractivity contribution in [2.24, 2.45) is 0 Å². The molecule has 3 rings (SSSR count). The summed E-state index contributed by atoms with van der Waals surface area (Å²) >= 11 is 0. The van der Waals surface area contributed by atoms with Gasteiger partial charge in [-0.25, -0.2) is 0 Å². The molecule has 0 aliphatic carbocycles. The van der Waals surface area contributed by atoms with E-state index in [9.17, 15) is 9.59 Å². The quantitative estimate of drug-likeness (QED) is 0.715. The van der Waals surface area contributed by atoms with E-state index in [2.05, 4.69) is 19.2 Å². The SMILES string of the molecule is CC(C)c1ccc(-c2c(N[C@@H](C)c3ccccc3)c(=O)c2=O)cc1. The highest BCUT2D eigenvalue weighted by Gasteiger charge is 2.23. The summed E-state index contributed by atoms with van der Waals surface area (Å²) in [5.41, 5.74) is 3.17. The Morgan fingerprint density at radius 2 is 1.38 bits per heavy atom. The molecule has 0 fully saturated rings. The highest BCUT2D eigenvalue weighted by atomic mass is 16.2. The molecule has 0 aromatic heterocycles. The van der Waals surface area contributed by atoms with Crippen molar-refractivity contribution in [3.63, 3.8) is 0 Å². The molecule has 3 nitrogen and oxygen atoms in total. The fourth-order valence-electron chi connectivity index (χ4n) is 2.88. The number of benzene rings is 2. The Bertz CT molecular complexity index is 901. The first-order chi connectivity index (χ1) is 11.5. The highest BCUT2D eigenvalue weighted by Crippen LogP contribution is 2.28. The molecule has 1 atom stereocenters. The molecule has 0 radical (unpaired) electrons. The van der Waals surface area contributed by atoms with E-state index in [1.165, 1.54) is 5.56 Å². The maximum Gasteiger partial charge on any atom is 0.250 e. The second-order valence-corrected chi connectivity index (χ2v) is 6.46. The van der Waals surface area contributed by atoms with Crippen molar-refractivity contribution in [3.05, 3.63) is 86.2 Å². The van der Waals surface area contributed by atoms with Crippen molar-refractivity contribution in [3.8, 4) is 11.1 Å². The third-order valence-corrected chi connectivity index (χ3v) is 4.44. The number of nitrogens with one attached hydrogen (secondary N) is 1. The highest BCUT2D eigenvalue weighted by molar-refractivity contribution is 5.82. The molecule has 0 aliphatic heterocycles. The molecule has 0 aliphatic rings. The molecule has 0 unspecified atom stereocenters. The van der Waals surface area contributed by atoms with Gasteiger partial charge in [0, 0.05) is 6.04 Å². The van der Waals surface area contributed by atoms with Gasteiger partial charge >= 0.3 is 0 Å². The Hall–Kier alpha value is -2.68. The molecule has 0 amide bonds. The summed E-state index contributed by atoms with van der Waals surface area (Å²) in [6.07, 6.45) is 0. The van der Waals surface area contributed by atoms with E-state index < -0.39 is 10.9 Å². The van der Waals surface area contributed by atoms with Gasteiger partial charge in [0.25, 0.3) is 0 Å². The van der Waals surface area contributed by atoms with E-state index in [1.807, 2.05) is 61.5 Å². The van der Waals surface area contributed by atoms with Crippen molar-refractivity contribution in [1.29, 1.82) is 0 Å². The Kier molecular flexibility index (Phi) is 4.34. The lowest BCUT2D eigenvalue weighted by molar-refractivity contribution is 0.866. The van der Waals surface area contributed by atoms with Crippen molar-refractivity contribution in [2.45, 2.75) is 32.7 Å². The van der Waals surface area contributed by atoms with Crippen molar-refractivity contribution in [2.75, 3.05) is 5.32 Å². The Morgan fingerprint density at radius 1 is 0.750 bits per heavy atom. The zero-order chi connectivity index (χ0) is 17.3. The number of hydrogen-bond donors (Lipinski definition) is 1. The molecule has 0 bridgehead atoms. The van der Waals surface area contributed by atoms with Crippen LogP contribution in [0, 0.1) is 0 Å². The lowest BCUT2D eigenvalue weighted by atomic mass is 9.94. The molecule has 24 heavy (non-hydrogen) atoms. The lowest BCUT2D eigenvalue weighted by Gasteiger charge is -2.19. The van der Waals surface area contributed by atoms with Crippen LogP contribution in [0.1, 0.15) is 43.9 Å². The average molecular weight is 319 g/mol. The van der Waals surface area contributed by atoms with Crippen LogP contribution in [0.15, 0.2) is 64.2 Å². The molecule has 122 valence electrons. The molecule has 3 heteroatoms. The van der Waals surface area contributed by atoms with Crippen LogP contribution in [-0.4, -0.2) is 0 Å². The summed E-state index contributed by atoms with van der Waals surface area (Å²) in [5, 5.41) is 3.21. The van der Waals surface area contributed by atoms with Crippen LogP contribution in [0.5, 0.6) is 0 Å². The van der Waals surface area contributed by atoms with Crippen LogP contribution in [0.2, 0.25) is 0 Å². The Labute approximate surface area is 141 Å². The minimum Gasteiger partial charge on any atom is -0.375 e. The normalized spacial score (nSPS) is 12.5. The lowest BCUT2D eigenvalue weighted by Crippen LogP contribution is -2.36. The number of anilines is 1. The Balaban J connectivity index is 1.90. The van der Waals surface area contributed by atoms with Crippen molar-refractivity contribution in [1.82, 2.24) is 0 Å². The molecule has 0 spiro atoms. The van der Waals surface area contributed by atoms with E-state index in [0.29, 0.717) is 17.2 Å². The third-order valence-electron chi connectivity index (χ3n) is 4.44. The maximum absolute atomic E-state index is 12.1. The van der Waals surface area contributed by atoms with Crippen LogP contribution >= 0.6 is 0 Å². The van der Waals surface area contributed by atoms with Gasteiger partial charge in [-0.3, -0.25) is 9.59 Å². The second kappa shape index (κ2) is 6.44. The van der Waals surface area contributed by atoms with E-state index in [0.717, 1.165) is 11.1 Å². The maximum atomic E-state index is 12.1. The smallest absolute Gasteiger partial charge is 0.250 e. The van der Waals surface area contributed by atoms with Crippen molar-refractivity contribution >= 4 is 5.69 Å². The summed E-state index contributed by atoms with van der Waals surface area (Å²) in [6.45, 7) is 6.24. The zero-order valence-electron chi connectivity index (χ0n) is 14.2. The molecule has 0 heterocycles. The summed E-state index contributed by atoms with van der Waals surface area (Å²) in [6, 6.07) is 17.7. The first-order valence-corrected chi connectivity index (χ1v) is 8.24. The van der Waals surface area contributed by atoms with E-state index >= 15 is 0 Å². The van der Waals surface area contributed by atoms with E-state index in [-0.39, 0.29) is 6.04 Å². The van der Waals surface area contributed by atoms with Gasteiger partial charge in [-0.15, -0.1) is 0 Å². The fraction of sp³-hybridized carbons (Fsp3) is 0.238. The van der Waals surface area contributed by atoms with Gasteiger partial charge in [0.15, 0.2) is 0 Å². The number of rotatable bonds is 5. The predicted molar refractivity (Wildman–Crippen MR) is 99.4 cm³/mol. The summed E-state index contributed by atoms with van der Waals surface area (Å²) in [4.78, 5) is 24.1. The van der Waals surface area contributed by atoms with Crippen LogP contribution in [0.3, 0.4) is 0 Å². The molecule has 3 aromatic carbocycles. The van der Waals surface area contributed by atoms with Gasteiger partial charge in [0.1, 0.15) is 0 Å². The van der Waals surface area contributed by atoms with Gasteiger partial charge in [-0.1, -0.05) is 68.4 Å². The predicted octanol–water partition coefficient (Wildman–Crippen LogP) is 4.25. The topological polar surface area (TPSA) is 46.2 Å². The fourth-order valence-corrected chi connectivity index (χ4v) is 2.88. The van der Waals surface area contributed by atoms with Crippen LogP contribution < -0.4 is 16.2 Å². The van der Waals surface area contributed by atoms with E-state index in [4.69, 9.17) is 0 Å². The summed E-state index contributed by atoms with van der Waals surface area (Å²) in [7, 11) is 0. The zero-order valence-corrected chi connectivity index (χ0v) is 14.2.